The van der Waals surface area contributed by atoms with Crippen molar-refractivity contribution in [3.63, 3.8) is 0 Å². The highest BCUT2D eigenvalue weighted by Gasteiger charge is 2.11. The quantitative estimate of drug-likeness (QED) is 0.845. The topological polar surface area (TPSA) is 27.1 Å². The van der Waals surface area contributed by atoms with Crippen molar-refractivity contribution in [2.45, 2.75) is 26.9 Å². The monoisotopic (exact) mass is 264 g/mol. The SMILES string of the molecule is CCc1cccc(OCc2c(C)nn(C)c2Cl)c1. The maximum absolute atomic E-state index is 6.16. The van der Waals surface area contributed by atoms with Gasteiger partial charge < -0.3 is 4.74 Å². The molecule has 0 bridgehead atoms. The molecule has 0 saturated carbocycles. The number of hydrogen-bond acceptors (Lipinski definition) is 2. The summed E-state index contributed by atoms with van der Waals surface area (Å²) < 4.78 is 7.44. The van der Waals surface area contributed by atoms with E-state index < -0.39 is 0 Å². The summed E-state index contributed by atoms with van der Waals surface area (Å²) >= 11 is 6.16. The Balaban J connectivity index is 2.11. The van der Waals surface area contributed by atoms with Crippen LogP contribution < -0.4 is 4.74 Å². The smallest absolute Gasteiger partial charge is 0.133 e. The number of ether oxygens (including phenoxy) is 1. The lowest BCUT2D eigenvalue weighted by molar-refractivity contribution is 0.305. The van der Waals surface area contributed by atoms with Gasteiger partial charge in [0.25, 0.3) is 0 Å². The number of aryl methyl sites for hydroxylation is 3. The molecule has 1 heterocycles. The Kier molecular flexibility index (Phi) is 3.92. The molecule has 1 aromatic carbocycles. The summed E-state index contributed by atoms with van der Waals surface area (Å²) in [4.78, 5) is 0. The second-order valence-electron chi connectivity index (χ2n) is 4.27. The van der Waals surface area contributed by atoms with Gasteiger partial charge in [-0.2, -0.15) is 5.10 Å². The van der Waals surface area contributed by atoms with Gasteiger partial charge in [0.2, 0.25) is 0 Å². The van der Waals surface area contributed by atoms with Crippen molar-refractivity contribution >= 4 is 11.6 Å². The van der Waals surface area contributed by atoms with Gasteiger partial charge in [0.1, 0.15) is 17.5 Å². The van der Waals surface area contributed by atoms with Crippen molar-refractivity contribution in [3.8, 4) is 5.75 Å². The van der Waals surface area contributed by atoms with Crippen LogP contribution in [0, 0.1) is 6.92 Å². The van der Waals surface area contributed by atoms with E-state index >= 15 is 0 Å². The van der Waals surface area contributed by atoms with Crippen LogP contribution in [0.3, 0.4) is 0 Å². The fourth-order valence-electron chi connectivity index (χ4n) is 1.85. The first-order chi connectivity index (χ1) is 8.61. The highest BCUT2D eigenvalue weighted by molar-refractivity contribution is 6.30. The van der Waals surface area contributed by atoms with E-state index in [4.69, 9.17) is 16.3 Å². The lowest BCUT2D eigenvalue weighted by Gasteiger charge is -2.07. The molecule has 18 heavy (non-hydrogen) atoms. The summed E-state index contributed by atoms with van der Waals surface area (Å²) in [7, 11) is 1.83. The molecule has 0 N–H and O–H groups in total. The van der Waals surface area contributed by atoms with Gasteiger partial charge in [-0.1, -0.05) is 30.7 Å². The fourth-order valence-corrected chi connectivity index (χ4v) is 2.08. The number of halogens is 1. The number of nitrogens with zero attached hydrogens (tertiary/aromatic N) is 2. The van der Waals surface area contributed by atoms with Crippen molar-refractivity contribution in [2.24, 2.45) is 7.05 Å². The molecule has 0 saturated heterocycles. The van der Waals surface area contributed by atoms with E-state index in [-0.39, 0.29) is 0 Å². The molecular weight excluding hydrogens is 248 g/mol. The average molecular weight is 265 g/mol. The van der Waals surface area contributed by atoms with Gasteiger partial charge in [-0.05, 0) is 31.0 Å². The van der Waals surface area contributed by atoms with Gasteiger partial charge in [0.05, 0.1) is 5.69 Å². The van der Waals surface area contributed by atoms with Crippen LogP contribution in [0.5, 0.6) is 5.75 Å². The number of aromatic nitrogens is 2. The molecule has 3 nitrogen and oxygen atoms in total. The van der Waals surface area contributed by atoms with Crippen LogP contribution in [0.4, 0.5) is 0 Å². The number of benzene rings is 1. The van der Waals surface area contributed by atoms with Crippen LogP contribution in [0.25, 0.3) is 0 Å². The first-order valence-electron chi connectivity index (χ1n) is 6.01. The van der Waals surface area contributed by atoms with Gasteiger partial charge in [0, 0.05) is 12.6 Å². The van der Waals surface area contributed by atoms with Crippen molar-refractivity contribution in [1.82, 2.24) is 9.78 Å². The molecule has 0 radical (unpaired) electrons. The van der Waals surface area contributed by atoms with Gasteiger partial charge in [-0.15, -0.1) is 0 Å². The molecule has 0 atom stereocenters. The molecule has 0 spiro atoms. The molecule has 4 heteroatoms. The minimum atomic E-state index is 0.450. The van der Waals surface area contributed by atoms with E-state index in [0.29, 0.717) is 11.8 Å². The molecule has 96 valence electrons. The van der Waals surface area contributed by atoms with Crippen molar-refractivity contribution < 1.29 is 4.74 Å². The molecule has 0 fully saturated rings. The Bertz CT molecular complexity index is 549. The molecule has 0 aliphatic carbocycles. The predicted molar refractivity (Wildman–Crippen MR) is 73.1 cm³/mol. The molecule has 0 unspecified atom stereocenters. The Labute approximate surface area is 112 Å². The molecular formula is C14H17ClN2O. The highest BCUT2D eigenvalue weighted by Crippen LogP contribution is 2.21. The predicted octanol–water partition coefficient (Wildman–Crippen LogP) is 3.52. The average Bonchev–Trinajstić information content (AvgIpc) is 2.61. The zero-order chi connectivity index (χ0) is 13.1. The van der Waals surface area contributed by atoms with E-state index in [1.165, 1.54) is 5.56 Å². The summed E-state index contributed by atoms with van der Waals surface area (Å²) in [5.74, 6) is 0.869. The third-order valence-corrected chi connectivity index (χ3v) is 3.43. The maximum Gasteiger partial charge on any atom is 0.133 e. The Morgan fingerprint density at radius 3 is 2.78 bits per heavy atom. The van der Waals surface area contributed by atoms with Gasteiger partial charge in [-0.25, -0.2) is 0 Å². The van der Waals surface area contributed by atoms with Crippen LogP contribution in [0.15, 0.2) is 24.3 Å². The van der Waals surface area contributed by atoms with E-state index in [1.54, 1.807) is 4.68 Å². The summed E-state index contributed by atoms with van der Waals surface area (Å²) in [5.41, 5.74) is 3.12. The number of rotatable bonds is 4. The van der Waals surface area contributed by atoms with E-state index in [1.807, 2.05) is 26.1 Å². The van der Waals surface area contributed by atoms with Crippen LogP contribution in [-0.2, 0) is 20.1 Å². The van der Waals surface area contributed by atoms with Gasteiger partial charge in [-0.3, -0.25) is 4.68 Å². The minimum Gasteiger partial charge on any atom is -0.489 e. The lowest BCUT2D eigenvalue weighted by Crippen LogP contribution is -1.97. The van der Waals surface area contributed by atoms with Gasteiger partial charge >= 0.3 is 0 Å². The molecule has 1 aromatic heterocycles. The van der Waals surface area contributed by atoms with Crippen LogP contribution in [0.2, 0.25) is 5.15 Å². The first kappa shape index (κ1) is 13.0. The Morgan fingerprint density at radius 1 is 1.39 bits per heavy atom. The van der Waals surface area contributed by atoms with Crippen molar-refractivity contribution in [3.05, 3.63) is 46.2 Å². The third kappa shape index (κ3) is 2.67. The standard InChI is InChI=1S/C14H17ClN2O/c1-4-11-6-5-7-12(8-11)18-9-13-10(2)16-17(3)14(13)15/h5-8H,4,9H2,1-3H3. The van der Waals surface area contributed by atoms with Gasteiger partial charge in [0.15, 0.2) is 0 Å². The first-order valence-corrected chi connectivity index (χ1v) is 6.39. The molecule has 0 amide bonds. The zero-order valence-corrected chi connectivity index (χ0v) is 11.7. The van der Waals surface area contributed by atoms with Crippen LogP contribution >= 0.6 is 11.6 Å². The Hall–Kier alpha value is -1.48. The molecule has 2 aromatic rings. The van der Waals surface area contributed by atoms with Crippen molar-refractivity contribution in [1.29, 1.82) is 0 Å². The molecule has 0 aliphatic rings. The number of hydrogen-bond donors (Lipinski definition) is 0. The van der Waals surface area contributed by atoms with E-state index in [0.717, 1.165) is 23.4 Å². The van der Waals surface area contributed by atoms with Crippen molar-refractivity contribution in [2.75, 3.05) is 0 Å². The molecule has 0 aliphatic heterocycles. The van der Waals surface area contributed by atoms with E-state index in [9.17, 15) is 0 Å². The molecule has 2 rings (SSSR count). The minimum absolute atomic E-state index is 0.450. The fraction of sp³-hybridized carbons (Fsp3) is 0.357. The highest BCUT2D eigenvalue weighted by atomic mass is 35.5. The summed E-state index contributed by atoms with van der Waals surface area (Å²) in [6.45, 7) is 4.51. The summed E-state index contributed by atoms with van der Waals surface area (Å²) in [6, 6.07) is 8.11. The largest absolute Gasteiger partial charge is 0.489 e. The lowest BCUT2D eigenvalue weighted by atomic mass is 10.2. The normalized spacial score (nSPS) is 10.7. The summed E-state index contributed by atoms with van der Waals surface area (Å²) in [6.07, 6.45) is 1.00. The Morgan fingerprint density at radius 2 is 2.17 bits per heavy atom. The van der Waals surface area contributed by atoms with E-state index in [2.05, 4.69) is 24.2 Å². The zero-order valence-electron chi connectivity index (χ0n) is 10.9. The second-order valence-corrected chi connectivity index (χ2v) is 4.63. The third-order valence-electron chi connectivity index (χ3n) is 2.96. The summed E-state index contributed by atoms with van der Waals surface area (Å²) in [5, 5.41) is 4.90. The van der Waals surface area contributed by atoms with Crippen LogP contribution in [-0.4, -0.2) is 9.78 Å². The second kappa shape index (κ2) is 5.44. The van der Waals surface area contributed by atoms with Crippen LogP contribution in [0.1, 0.15) is 23.7 Å². The maximum atomic E-state index is 6.16.